The largest absolute Gasteiger partial charge is 0.496 e. The monoisotopic (exact) mass is 412 g/mol. The number of rotatable bonds is 6. The van der Waals surface area contributed by atoms with E-state index in [4.69, 9.17) is 4.74 Å². The van der Waals surface area contributed by atoms with Crippen LogP contribution < -0.4 is 15.0 Å². The van der Waals surface area contributed by atoms with E-state index in [0.717, 1.165) is 26.2 Å². The fourth-order valence-corrected chi connectivity index (χ4v) is 3.73. The summed E-state index contributed by atoms with van der Waals surface area (Å²) in [6.07, 6.45) is 0. The highest BCUT2D eigenvalue weighted by Gasteiger charge is 2.27. The molecule has 8 heteroatoms. The molecular weight excluding hydrogens is 384 g/mol. The zero-order valence-corrected chi connectivity index (χ0v) is 17.8. The van der Waals surface area contributed by atoms with Crippen molar-refractivity contribution in [2.75, 3.05) is 43.5 Å². The molecule has 160 valence electrons. The minimum atomic E-state index is -0.522. The average molecular weight is 412 g/mol. The van der Waals surface area contributed by atoms with Crippen LogP contribution in [0, 0.1) is 24.0 Å². The lowest BCUT2D eigenvalue weighted by atomic mass is 10.1. The SMILES string of the molecule is COc1ccc(NC(=O)C(C)N2CCN(c3cccc(C)c3C)CC2)c([N+](=O)[O-])c1. The average Bonchev–Trinajstić information content (AvgIpc) is 2.75. The zero-order chi connectivity index (χ0) is 21.8. The summed E-state index contributed by atoms with van der Waals surface area (Å²) in [5.41, 5.74) is 3.77. The molecule has 0 aliphatic carbocycles. The number of nitrogens with one attached hydrogen (secondary N) is 1. The van der Waals surface area contributed by atoms with Crippen LogP contribution in [0.3, 0.4) is 0 Å². The maximum atomic E-state index is 12.8. The highest BCUT2D eigenvalue weighted by molar-refractivity contribution is 5.96. The molecule has 2 aromatic carbocycles. The van der Waals surface area contributed by atoms with E-state index >= 15 is 0 Å². The molecule has 1 amide bonds. The molecule has 0 bridgehead atoms. The molecule has 1 saturated heterocycles. The van der Waals surface area contributed by atoms with Gasteiger partial charge in [0.2, 0.25) is 5.91 Å². The normalized spacial score (nSPS) is 15.5. The summed E-state index contributed by atoms with van der Waals surface area (Å²) in [6, 6.07) is 10.3. The first-order valence-corrected chi connectivity index (χ1v) is 10.0. The van der Waals surface area contributed by atoms with E-state index in [1.54, 1.807) is 6.07 Å². The first-order chi connectivity index (χ1) is 14.3. The van der Waals surface area contributed by atoms with Crippen molar-refractivity contribution in [1.82, 2.24) is 4.90 Å². The predicted molar refractivity (Wildman–Crippen MR) is 117 cm³/mol. The Morgan fingerprint density at radius 1 is 1.17 bits per heavy atom. The lowest BCUT2D eigenvalue weighted by Gasteiger charge is -2.39. The van der Waals surface area contributed by atoms with Crippen molar-refractivity contribution in [3.05, 3.63) is 57.6 Å². The summed E-state index contributed by atoms with van der Waals surface area (Å²) in [4.78, 5) is 28.0. The maximum absolute atomic E-state index is 12.8. The topological polar surface area (TPSA) is 88.0 Å². The number of benzene rings is 2. The van der Waals surface area contributed by atoms with Gasteiger partial charge in [0, 0.05) is 31.9 Å². The quantitative estimate of drug-likeness (QED) is 0.578. The van der Waals surface area contributed by atoms with Crippen LogP contribution in [0.15, 0.2) is 36.4 Å². The Kier molecular flexibility index (Phi) is 6.56. The molecule has 1 fully saturated rings. The molecule has 2 aromatic rings. The number of carbonyl (C=O) groups is 1. The summed E-state index contributed by atoms with van der Waals surface area (Å²) in [7, 11) is 1.44. The molecule has 1 aliphatic heterocycles. The highest BCUT2D eigenvalue weighted by atomic mass is 16.6. The van der Waals surface area contributed by atoms with Gasteiger partial charge in [0.05, 0.1) is 24.1 Å². The van der Waals surface area contributed by atoms with Crippen molar-refractivity contribution in [2.24, 2.45) is 0 Å². The number of ether oxygens (including phenoxy) is 1. The minimum absolute atomic E-state index is 0.173. The zero-order valence-electron chi connectivity index (χ0n) is 17.8. The molecule has 30 heavy (non-hydrogen) atoms. The number of nitro groups is 1. The van der Waals surface area contributed by atoms with Crippen LogP contribution in [0.1, 0.15) is 18.1 Å². The van der Waals surface area contributed by atoms with Crippen molar-refractivity contribution >= 4 is 23.0 Å². The van der Waals surface area contributed by atoms with Crippen molar-refractivity contribution in [1.29, 1.82) is 0 Å². The van der Waals surface area contributed by atoms with Gasteiger partial charge in [-0.2, -0.15) is 0 Å². The molecular formula is C22H28N4O4. The molecule has 1 N–H and O–H groups in total. The predicted octanol–water partition coefficient (Wildman–Crippen LogP) is 3.37. The van der Waals surface area contributed by atoms with E-state index in [1.807, 2.05) is 6.92 Å². The third-order valence-electron chi connectivity index (χ3n) is 5.82. The Balaban J connectivity index is 1.64. The van der Waals surface area contributed by atoms with Crippen LogP contribution in [-0.2, 0) is 4.79 Å². The number of hydrogen-bond acceptors (Lipinski definition) is 6. The molecule has 1 unspecified atom stereocenters. The van der Waals surface area contributed by atoms with E-state index < -0.39 is 11.0 Å². The van der Waals surface area contributed by atoms with Gasteiger partial charge in [-0.15, -0.1) is 0 Å². The summed E-state index contributed by atoms with van der Waals surface area (Å²) in [6.45, 7) is 9.21. The van der Waals surface area contributed by atoms with Crippen molar-refractivity contribution in [3.63, 3.8) is 0 Å². The van der Waals surface area contributed by atoms with Crippen LogP contribution in [0.5, 0.6) is 5.75 Å². The summed E-state index contributed by atoms with van der Waals surface area (Å²) < 4.78 is 5.04. The van der Waals surface area contributed by atoms with Gasteiger partial charge in [-0.25, -0.2) is 0 Å². The third kappa shape index (κ3) is 4.54. The highest BCUT2D eigenvalue weighted by Crippen LogP contribution is 2.29. The summed E-state index contributed by atoms with van der Waals surface area (Å²) in [5.74, 6) is 0.110. The maximum Gasteiger partial charge on any atom is 0.296 e. The van der Waals surface area contributed by atoms with Gasteiger partial charge in [0.15, 0.2) is 0 Å². The first-order valence-electron chi connectivity index (χ1n) is 10.0. The van der Waals surface area contributed by atoms with Crippen molar-refractivity contribution in [3.8, 4) is 5.75 Å². The fraction of sp³-hybridized carbons (Fsp3) is 0.409. The second kappa shape index (κ2) is 9.13. The van der Waals surface area contributed by atoms with Crippen molar-refractivity contribution in [2.45, 2.75) is 26.8 Å². The van der Waals surface area contributed by atoms with E-state index in [0.29, 0.717) is 5.75 Å². The molecule has 1 atom stereocenters. The van der Waals surface area contributed by atoms with Gasteiger partial charge in [-0.05, 0) is 50.1 Å². The summed E-state index contributed by atoms with van der Waals surface area (Å²) >= 11 is 0. The van der Waals surface area contributed by atoms with Gasteiger partial charge in [-0.1, -0.05) is 12.1 Å². The van der Waals surface area contributed by atoms with Gasteiger partial charge >= 0.3 is 0 Å². The minimum Gasteiger partial charge on any atom is -0.496 e. The van der Waals surface area contributed by atoms with Crippen LogP contribution in [0.4, 0.5) is 17.1 Å². The molecule has 8 nitrogen and oxygen atoms in total. The number of nitro benzene ring substituents is 1. The van der Waals surface area contributed by atoms with Crippen LogP contribution in [-0.4, -0.2) is 55.1 Å². The van der Waals surface area contributed by atoms with E-state index in [9.17, 15) is 14.9 Å². The third-order valence-corrected chi connectivity index (χ3v) is 5.82. The van der Waals surface area contributed by atoms with E-state index in [-0.39, 0.29) is 17.3 Å². The molecule has 0 aromatic heterocycles. The number of carbonyl (C=O) groups excluding carboxylic acids is 1. The molecule has 3 rings (SSSR count). The molecule has 0 spiro atoms. The lowest BCUT2D eigenvalue weighted by molar-refractivity contribution is -0.384. The number of aryl methyl sites for hydroxylation is 1. The number of hydrogen-bond donors (Lipinski definition) is 1. The number of nitrogens with zero attached hydrogens (tertiary/aromatic N) is 3. The van der Waals surface area contributed by atoms with Gasteiger partial charge in [0.25, 0.3) is 5.69 Å². The standard InChI is InChI=1S/C22H28N4O4/c1-15-6-5-7-20(16(15)2)25-12-10-24(11-13-25)17(3)22(27)23-19-9-8-18(30-4)14-21(19)26(28)29/h5-9,14,17H,10-13H2,1-4H3,(H,23,27). The first kappa shape index (κ1) is 21.6. The molecule has 0 saturated carbocycles. The lowest BCUT2D eigenvalue weighted by Crippen LogP contribution is -2.53. The second-order valence-corrected chi connectivity index (χ2v) is 7.55. The fourth-order valence-electron chi connectivity index (χ4n) is 3.73. The van der Waals surface area contributed by atoms with Crippen molar-refractivity contribution < 1.29 is 14.5 Å². The Morgan fingerprint density at radius 3 is 2.50 bits per heavy atom. The molecule has 1 heterocycles. The number of anilines is 2. The van der Waals surface area contributed by atoms with Gasteiger partial charge < -0.3 is 15.0 Å². The van der Waals surface area contributed by atoms with Crippen LogP contribution in [0.25, 0.3) is 0 Å². The van der Waals surface area contributed by atoms with E-state index in [1.165, 1.54) is 36.1 Å². The van der Waals surface area contributed by atoms with Crippen LogP contribution >= 0.6 is 0 Å². The Hall–Kier alpha value is -3.13. The van der Waals surface area contributed by atoms with Gasteiger partial charge in [-0.3, -0.25) is 19.8 Å². The smallest absolute Gasteiger partial charge is 0.296 e. The molecule has 0 radical (unpaired) electrons. The Labute approximate surface area is 176 Å². The Morgan fingerprint density at radius 2 is 1.87 bits per heavy atom. The van der Waals surface area contributed by atoms with E-state index in [2.05, 4.69) is 47.2 Å². The summed E-state index contributed by atoms with van der Waals surface area (Å²) in [5, 5.41) is 14.1. The second-order valence-electron chi connectivity index (χ2n) is 7.55. The Bertz CT molecular complexity index is 939. The van der Waals surface area contributed by atoms with Gasteiger partial charge in [0.1, 0.15) is 11.4 Å². The number of amides is 1. The number of piperazine rings is 1. The van der Waals surface area contributed by atoms with Crippen LogP contribution in [0.2, 0.25) is 0 Å². The molecule has 1 aliphatic rings. The number of methoxy groups -OCH3 is 1.